The van der Waals surface area contributed by atoms with Crippen LogP contribution in [0.25, 0.3) is 0 Å². The number of hydrogen-bond donors (Lipinski definition) is 3. The van der Waals surface area contributed by atoms with Crippen LogP contribution >= 0.6 is 0 Å². The van der Waals surface area contributed by atoms with E-state index in [1.165, 1.54) is 0 Å². The molecule has 3 aliphatic rings. The van der Waals surface area contributed by atoms with Gasteiger partial charge in [0.1, 0.15) is 12.1 Å². The van der Waals surface area contributed by atoms with E-state index in [-0.39, 0.29) is 30.3 Å². The van der Waals surface area contributed by atoms with Crippen LogP contribution in [0.2, 0.25) is 0 Å². The summed E-state index contributed by atoms with van der Waals surface area (Å²) in [5, 5.41) is 21.9. The zero-order valence-corrected chi connectivity index (χ0v) is 19.7. The fraction of sp³-hybridized carbons (Fsp3) is 0.560. The van der Waals surface area contributed by atoms with Crippen molar-refractivity contribution in [1.82, 2.24) is 10.2 Å². The lowest BCUT2D eigenvalue weighted by atomic mass is 9.69. The van der Waals surface area contributed by atoms with Crippen molar-refractivity contribution >= 4 is 17.8 Å². The smallest absolute Gasteiger partial charge is 0.326 e. The number of carboxylic acid groups (broad SMARTS) is 1. The zero-order valence-electron chi connectivity index (χ0n) is 19.7. The second-order valence-electron chi connectivity index (χ2n) is 9.83. The van der Waals surface area contributed by atoms with E-state index in [4.69, 9.17) is 9.47 Å². The third kappa shape index (κ3) is 4.54. The van der Waals surface area contributed by atoms with Crippen molar-refractivity contribution in [3.63, 3.8) is 0 Å². The summed E-state index contributed by atoms with van der Waals surface area (Å²) in [4.78, 5) is 38.3. The van der Waals surface area contributed by atoms with Gasteiger partial charge < -0.3 is 29.9 Å². The molecule has 0 fully saturated rings. The lowest BCUT2D eigenvalue weighted by Gasteiger charge is -2.35. The number of nitrogens with one attached hydrogen (secondary N) is 1. The Morgan fingerprint density at radius 1 is 1.29 bits per heavy atom. The van der Waals surface area contributed by atoms with Gasteiger partial charge in [-0.2, -0.15) is 0 Å². The highest BCUT2D eigenvalue weighted by Gasteiger charge is 2.52. The molecule has 3 N–H and O–H groups in total. The Hall–Kier alpha value is -2.91. The number of hydrogen-bond acceptors (Lipinski definition) is 7. The molecule has 34 heavy (non-hydrogen) atoms. The molecule has 2 aliphatic heterocycles. The molecule has 1 spiro atoms. The number of carbonyl (C=O) groups excluding carboxylic acids is 2. The number of aliphatic hydroxyl groups excluding tert-OH is 1. The van der Waals surface area contributed by atoms with Gasteiger partial charge in [0.2, 0.25) is 5.91 Å². The van der Waals surface area contributed by atoms with Crippen LogP contribution in [0.1, 0.15) is 50.7 Å². The average molecular weight is 473 g/mol. The van der Waals surface area contributed by atoms with Crippen LogP contribution in [0, 0.1) is 5.92 Å². The Balaban J connectivity index is 1.50. The van der Waals surface area contributed by atoms with Crippen molar-refractivity contribution in [2.24, 2.45) is 5.92 Å². The molecular formula is C25H32N2O7. The molecular weight excluding hydrogens is 440 g/mol. The van der Waals surface area contributed by atoms with Crippen LogP contribution in [0.5, 0.6) is 11.5 Å². The number of nitrogens with zero attached hydrogens (tertiary/aromatic N) is 1. The topological polar surface area (TPSA) is 125 Å². The monoisotopic (exact) mass is 472 g/mol. The van der Waals surface area contributed by atoms with E-state index in [1.54, 1.807) is 19.9 Å². The first kappa shape index (κ1) is 24.2. The third-order valence-corrected chi connectivity index (χ3v) is 6.96. The van der Waals surface area contributed by atoms with Gasteiger partial charge in [0.05, 0.1) is 17.9 Å². The molecule has 1 aromatic carbocycles. The van der Waals surface area contributed by atoms with E-state index < -0.39 is 30.0 Å². The van der Waals surface area contributed by atoms with Crippen LogP contribution in [0.15, 0.2) is 24.3 Å². The van der Waals surface area contributed by atoms with E-state index >= 15 is 0 Å². The van der Waals surface area contributed by atoms with Gasteiger partial charge in [-0.3, -0.25) is 9.59 Å². The number of benzene rings is 1. The lowest BCUT2D eigenvalue weighted by molar-refractivity contribution is -0.143. The SMILES string of the molecule is CC(C)C(NC(=O)CCC(=O)Oc1ccc2c3c1O[C@H]1C[C@@H](O)C=C[C@@]31CCN(C)C2)C(=O)O. The number of esters is 1. The van der Waals surface area contributed by atoms with Crippen LogP contribution in [0.3, 0.4) is 0 Å². The summed E-state index contributed by atoms with van der Waals surface area (Å²) in [5.74, 6) is -1.69. The molecule has 4 atom stereocenters. The Bertz CT molecular complexity index is 1020. The van der Waals surface area contributed by atoms with E-state index in [9.17, 15) is 24.6 Å². The number of rotatable bonds is 7. The van der Waals surface area contributed by atoms with E-state index in [0.29, 0.717) is 17.9 Å². The van der Waals surface area contributed by atoms with Gasteiger partial charge in [-0.1, -0.05) is 32.1 Å². The van der Waals surface area contributed by atoms with Gasteiger partial charge in [-0.25, -0.2) is 4.79 Å². The largest absolute Gasteiger partial charge is 0.485 e. The van der Waals surface area contributed by atoms with Gasteiger partial charge in [0.25, 0.3) is 0 Å². The highest BCUT2D eigenvalue weighted by Crippen LogP contribution is 2.55. The summed E-state index contributed by atoms with van der Waals surface area (Å²) < 4.78 is 11.9. The first-order chi connectivity index (χ1) is 16.1. The normalized spacial score (nSPS) is 26.1. The molecule has 0 radical (unpaired) electrons. The Morgan fingerprint density at radius 3 is 2.76 bits per heavy atom. The van der Waals surface area contributed by atoms with Crippen LogP contribution in [-0.4, -0.2) is 64.8 Å². The molecule has 1 unspecified atom stereocenters. The summed E-state index contributed by atoms with van der Waals surface area (Å²) in [7, 11) is 2.06. The minimum Gasteiger partial charge on any atom is -0.485 e. The molecule has 4 rings (SSSR count). The Labute approximate surface area is 198 Å². The summed E-state index contributed by atoms with van der Waals surface area (Å²) >= 11 is 0. The van der Waals surface area contributed by atoms with Crippen LogP contribution < -0.4 is 14.8 Å². The van der Waals surface area contributed by atoms with Crippen molar-refractivity contribution < 1.29 is 34.1 Å². The van der Waals surface area contributed by atoms with Crippen molar-refractivity contribution in [3.8, 4) is 11.5 Å². The number of ether oxygens (including phenoxy) is 2. The number of carboxylic acids is 1. The van der Waals surface area contributed by atoms with Crippen LogP contribution in [-0.2, 0) is 26.3 Å². The molecule has 2 heterocycles. The first-order valence-electron chi connectivity index (χ1n) is 11.7. The minimum absolute atomic E-state index is 0.178. The highest BCUT2D eigenvalue weighted by molar-refractivity contribution is 5.86. The molecule has 184 valence electrons. The molecule has 0 saturated carbocycles. The standard InChI is InChI=1S/C25H32N2O7/c1-14(2)22(24(31)32)26-19(29)6-7-20(30)33-17-5-4-15-13-27(3)11-10-25-9-8-16(28)12-18(25)34-23(17)21(15)25/h4-5,8-9,14,16,18,22,28H,6-7,10-13H2,1-3H3,(H,26,29)(H,31,32)/t16-,18-,22?,25-/m0/s1. The molecule has 1 aromatic rings. The lowest BCUT2D eigenvalue weighted by Crippen LogP contribution is -2.44. The minimum atomic E-state index is -1.11. The van der Waals surface area contributed by atoms with Gasteiger partial charge in [-0.05, 0) is 37.6 Å². The third-order valence-electron chi connectivity index (χ3n) is 6.96. The van der Waals surface area contributed by atoms with Gasteiger partial charge in [0, 0.05) is 24.9 Å². The molecule has 1 aliphatic carbocycles. The van der Waals surface area contributed by atoms with E-state index in [0.717, 1.165) is 30.6 Å². The number of aliphatic carboxylic acids is 1. The number of amides is 1. The van der Waals surface area contributed by atoms with Crippen molar-refractivity contribution in [1.29, 1.82) is 0 Å². The predicted molar refractivity (Wildman–Crippen MR) is 123 cm³/mol. The summed E-state index contributed by atoms with van der Waals surface area (Å²) in [6.45, 7) is 5.01. The van der Waals surface area contributed by atoms with Crippen molar-refractivity contribution in [2.45, 2.75) is 69.7 Å². The number of aliphatic hydroxyl groups is 1. The second-order valence-corrected chi connectivity index (χ2v) is 9.83. The summed E-state index contributed by atoms with van der Waals surface area (Å²) in [5.41, 5.74) is 1.74. The number of carbonyl (C=O) groups is 3. The molecule has 9 nitrogen and oxygen atoms in total. The molecule has 1 amide bonds. The fourth-order valence-corrected chi connectivity index (χ4v) is 5.15. The van der Waals surface area contributed by atoms with Gasteiger partial charge in [0.15, 0.2) is 11.5 Å². The Kier molecular flexibility index (Phi) is 6.69. The van der Waals surface area contributed by atoms with E-state index in [2.05, 4.69) is 17.3 Å². The maximum absolute atomic E-state index is 12.6. The first-order valence-corrected chi connectivity index (χ1v) is 11.7. The highest BCUT2D eigenvalue weighted by atomic mass is 16.6. The second kappa shape index (κ2) is 9.38. The summed E-state index contributed by atoms with van der Waals surface area (Å²) in [6, 6.07) is 2.65. The van der Waals surface area contributed by atoms with E-state index in [1.807, 2.05) is 18.2 Å². The predicted octanol–water partition coefficient (Wildman–Crippen LogP) is 1.75. The summed E-state index contributed by atoms with van der Waals surface area (Å²) in [6.07, 6.45) is 3.96. The molecule has 9 heteroatoms. The molecule has 0 saturated heterocycles. The molecule has 0 aromatic heterocycles. The van der Waals surface area contributed by atoms with Crippen molar-refractivity contribution in [3.05, 3.63) is 35.4 Å². The van der Waals surface area contributed by atoms with Crippen LogP contribution in [0.4, 0.5) is 0 Å². The maximum Gasteiger partial charge on any atom is 0.326 e. The molecule has 0 bridgehead atoms. The maximum atomic E-state index is 12.6. The van der Waals surface area contributed by atoms with Crippen molar-refractivity contribution in [2.75, 3.05) is 13.6 Å². The zero-order chi connectivity index (χ0) is 24.6. The quantitative estimate of drug-likeness (QED) is 0.311. The average Bonchev–Trinajstić information content (AvgIpc) is 3.03. The Morgan fingerprint density at radius 2 is 2.06 bits per heavy atom. The fourth-order valence-electron chi connectivity index (χ4n) is 5.15. The van der Waals surface area contributed by atoms with Gasteiger partial charge >= 0.3 is 11.9 Å². The van der Waals surface area contributed by atoms with Gasteiger partial charge in [-0.15, -0.1) is 0 Å².